The number of carbonyl (C=O) groups is 1. The van der Waals surface area contributed by atoms with Gasteiger partial charge in [0.25, 0.3) is 0 Å². The summed E-state index contributed by atoms with van der Waals surface area (Å²) in [4.78, 5) is 10.8. The average molecular weight is 418 g/mol. The van der Waals surface area contributed by atoms with Crippen LogP contribution in [0.5, 0.6) is 5.75 Å². The molecule has 3 N–H and O–H groups in total. The molecule has 4 nitrogen and oxygen atoms in total. The summed E-state index contributed by atoms with van der Waals surface area (Å²) in [5, 5.41) is 8.92. The van der Waals surface area contributed by atoms with E-state index >= 15 is 0 Å². The maximum absolute atomic E-state index is 10.8. The van der Waals surface area contributed by atoms with E-state index in [1.165, 1.54) is 16.7 Å². The lowest BCUT2D eigenvalue weighted by molar-refractivity contribution is -0.137. The molecule has 0 saturated carbocycles. The van der Waals surface area contributed by atoms with Gasteiger partial charge < -0.3 is 15.6 Å². The molecule has 2 aliphatic rings. The number of rotatable bonds is 3. The van der Waals surface area contributed by atoms with Crippen molar-refractivity contribution in [1.29, 1.82) is 0 Å². The van der Waals surface area contributed by atoms with Crippen molar-refractivity contribution in [3.8, 4) is 5.75 Å². The van der Waals surface area contributed by atoms with Crippen LogP contribution in [0.15, 0.2) is 40.9 Å². The third-order valence-corrected chi connectivity index (χ3v) is 5.47. The highest BCUT2D eigenvalue weighted by Gasteiger charge is 2.30. The number of ether oxygens (including phenoxy) is 1. The van der Waals surface area contributed by atoms with Crippen LogP contribution in [0.1, 0.15) is 54.0 Å². The number of hydrogen-bond donors (Lipinski definition) is 2. The van der Waals surface area contributed by atoms with Crippen LogP contribution in [0.4, 0.5) is 0 Å². The van der Waals surface area contributed by atoms with Gasteiger partial charge in [-0.05, 0) is 60.6 Å². The van der Waals surface area contributed by atoms with Crippen molar-refractivity contribution in [1.82, 2.24) is 0 Å². The summed E-state index contributed by atoms with van der Waals surface area (Å²) in [7, 11) is 0. The van der Waals surface area contributed by atoms with E-state index in [1.54, 1.807) is 0 Å². The summed E-state index contributed by atoms with van der Waals surface area (Å²) in [6.07, 6.45) is 3.18. The Hall–Kier alpha value is -1.85. The Labute approximate surface area is 162 Å². The molecular weight excluding hydrogens is 394 g/mol. The molecule has 5 heteroatoms. The first-order valence-electron chi connectivity index (χ1n) is 8.96. The fourth-order valence-electron chi connectivity index (χ4n) is 3.75. The maximum Gasteiger partial charge on any atom is 0.303 e. The molecule has 0 aromatic heterocycles. The second kappa shape index (κ2) is 8.23. The maximum atomic E-state index is 10.8. The molecule has 0 bridgehead atoms. The number of aliphatic carboxylic acids is 1. The molecule has 0 radical (unpaired) electrons. The van der Waals surface area contributed by atoms with Crippen LogP contribution in [-0.4, -0.2) is 17.7 Å². The zero-order valence-electron chi connectivity index (χ0n) is 14.9. The number of fused-ring (bicyclic) bond motifs is 3. The van der Waals surface area contributed by atoms with E-state index in [1.807, 2.05) is 37.3 Å². The zero-order valence-corrected chi connectivity index (χ0v) is 16.5. The minimum atomic E-state index is -0.700. The molecule has 1 aliphatic carbocycles. The Morgan fingerprint density at radius 1 is 1.35 bits per heavy atom. The van der Waals surface area contributed by atoms with Crippen molar-refractivity contribution in [2.75, 3.05) is 6.61 Å². The molecule has 138 valence electrons. The van der Waals surface area contributed by atoms with Crippen LogP contribution in [0, 0.1) is 0 Å². The lowest BCUT2D eigenvalue weighted by Gasteiger charge is -2.12. The predicted octanol–water partition coefficient (Wildman–Crippen LogP) is 4.59. The van der Waals surface area contributed by atoms with E-state index in [0.717, 1.165) is 41.7 Å². The molecule has 26 heavy (non-hydrogen) atoms. The SMILES string of the molecule is C[C@H](N)c1cccc(Br)c1.O=C(O)C[C@H]1CCc2ccc3c(c21)CCO3. The summed E-state index contributed by atoms with van der Waals surface area (Å²) >= 11 is 3.37. The van der Waals surface area contributed by atoms with Gasteiger partial charge in [-0.1, -0.05) is 34.1 Å². The van der Waals surface area contributed by atoms with Gasteiger partial charge in [0, 0.05) is 22.5 Å². The monoisotopic (exact) mass is 417 g/mol. The number of nitrogens with two attached hydrogens (primary N) is 1. The number of aryl methyl sites for hydroxylation is 1. The molecule has 2 aromatic carbocycles. The highest BCUT2D eigenvalue weighted by atomic mass is 79.9. The summed E-state index contributed by atoms with van der Waals surface area (Å²) in [6.45, 7) is 2.72. The standard InChI is InChI=1S/C13H14O3.C8H10BrN/c14-12(15)7-9-2-1-8-3-4-11-10(13(8)9)5-6-16-11;1-6(10)7-3-2-4-8(9)5-7/h3-4,9H,1-2,5-7H2,(H,14,15);2-6H,10H2,1H3/t9-;6-/m10/s1. The van der Waals surface area contributed by atoms with E-state index in [0.29, 0.717) is 0 Å². The van der Waals surface area contributed by atoms with Crippen molar-refractivity contribution < 1.29 is 14.6 Å². The molecular formula is C21H24BrNO3. The molecule has 0 fully saturated rings. The van der Waals surface area contributed by atoms with Gasteiger partial charge in [0.2, 0.25) is 0 Å². The van der Waals surface area contributed by atoms with Gasteiger partial charge in [0.05, 0.1) is 13.0 Å². The van der Waals surface area contributed by atoms with Gasteiger partial charge in [-0.15, -0.1) is 0 Å². The first-order valence-corrected chi connectivity index (χ1v) is 9.75. The Morgan fingerprint density at radius 3 is 2.81 bits per heavy atom. The van der Waals surface area contributed by atoms with Crippen molar-refractivity contribution in [2.45, 2.75) is 44.6 Å². The number of benzene rings is 2. The minimum Gasteiger partial charge on any atom is -0.493 e. The summed E-state index contributed by atoms with van der Waals surface area (Å²) in [6, 6.07) is 12.3. The lowest BCUT2D eigenvalue weighted by atomic mass is 9.92. The fraction of sp³-hybridized carbons (Fsp3) is 0.381. The number of halogens is 1. The predicted molar refractivity (Wildman–Crippen MR) is 106 cm³/mol. The van der Waals surface area contributed by atoms with Crippen LogP contribution in [-0.2, 0) is 17.6 Å². The van der Waals surface area contributed by atoms with Crippen molar-refractivity contribution in [3.63, 3.8) is 0 Å². The van der Waals surface area contributed by atoms with Crippen LogP contribution in [0.2, 0.25) is 0 Å². The van der Waals surface area contributed by atoms with Crippen molar-refractivity contribution in [2.24, 2.45) is 5.73 Å². The van der Waals surface area contributed by atoms with Crippen molar-refractivity contribution in [3.05, 3.63) is 63.1 Å². The van der Waals surface area contributed by atoms with E-state index in [2.05, 4.69) is 22.0 Å². The topological polar surface area (TPSA) is 72.6 Å². The quantitative estimate of drug-likeness (QED) is 0.765. The Balaban J connectivity index is 0.000000170. The van der Waals surface area contributed by atoms with E-state index in [-0.39, 0.29) is 18.4 Å². The molecule has 1 aliphatic heterocycles. The van der Waals surface area contributed by atoms with E-state index in [4.69, 9.17) is 15.6 Å². The lowest BCUT2D eigenvalue weighted by Crippen LogP contribution is -2.05. The first-order chi connectivity index (χ1) is 12.5. The summed E-state index contributed by atoms with van der Waals surface area (Å²) < 4.78 is 6.62. The Kier molecular flexibility index (Phi) is 5.99. The van der Waals surface area contributed by atoms with Crippen LogP contribution in [0.3, 0.4) is 0 Å². The van der Waals surface area contributed by atoms with E-state index < -0.39 is 5.97 Å². The normalized spacial score (nSPS) is 18.2. The van der Waals surface area contributed by atoms with Gasteiger partial charge in [0.1, 0.15) is 5.75 Å². The molecule has 2 atom stereocenters. The number of carboxylic acid groups (broad SMARTS) is 1. The first kappa shape index (κ1) is 18.9. The highest BCUT2D eigenvalue weighted by Crippen LogP contribution is 2.43. The molecule has 2 aromatic rings. The van der Waals surface area contributed by atoms with Gasteiger partial charge in [-0.25, -0.2) is 0 Å². The number of hydrogen-bond acceptors (Lipinski definition) is 3. The molecule has 0 unspecified atom stereocenters. The second-order valence-corrected chi connectivity index (χ2v) is 7.81. The minimum absolute atomic E-state index is 0.123. The summed E-state index contributed by atoms with van der Waals surface area (Å²) in [5.41, 5.74) is 10.7. The third-order valence-electron chi connectivity index (χ3n) is 4.98. The second-order valence-electron chi connectivity index (χ2n) is 6.89. The van der Waals surface area contributed by atoms with Crippen LogP contribution in [0.25, 0.3) is 0 Å². The van der Waals surface area contributed by atoms with Gasteiger partial charge in [0.15, 0.2) is 0 Å². The van der Waals surface area contributed by atoms with Gasteiger partial charge >= 0.3 is 5.97 Å². The third kappa shape index (κ3) is 4.27. The average Bonchev–Trinajstić information content (AvgIpc) is 3.21. The zero-order chi connectivity index (χ0) is 18.7. The van der Waals surface area contributed by atoms with Crippen LogP contribution < -0.4 is 10.5 Å². The smallest absolute Gasteiger partial charge is 0.303 e. The van der Waals surface area contributed by atoms with Crippen LogP contribution >= 0.6 is 15.9 Å². The van der Waals surface area contributed by atoms with E-state index in [9.17, 15) is 4.79 Å². The van der Waals surface area contributed by atoms with Gasteiger partial charge in [-0.3, -0.25) is 4.79 Å². The fourth-order valence-corrected chi connectivity index (χ4v) is 4.17. The van der Waals surface area contributed by atoms with Gasteiger partial charge in [-0.2, -0.15) is 0 Å². The van der Waals surface area contributed by atoms with Crippen molar-refractivity contribution >= 4 is 21.9 Å². The highest BCUT2D eigenvalue weighted by molar-refractivity contribution is 9.10. The summed E-state index contributed by atoms with van der Waals surface area (Å²) in [5.74, 6) is 0.467. The molecule has 0 amide bonds. The molecule has 4 rings (SSSR count). The Morgan fingerprint density at radius 2 is 2.15 bits per heavy atom. The molecule has 0 saturated heterocycles. The largest absolute Gasteiger partial charge is 0.493 e. The molecule has 0 spiro atoms. The number of carboxylic acids is 1. The Bertz CT molecular complexity index is 804. The molecule has 1 heterocycles.